The summed E-state index contributed by atoms with van der Waals surface area (Å²) < 4.78 is 64.7. The van der Waals surface area contributed by atoms with Crippen molar-refractivity contribution in [3.8, 4) is 0 Å². The topological polar surface area (TPSA) is 17.1 Å². The van der Waals surface area contributed by atoms with E-state index in [9.17, 15) is 26.7 Å². The van der Waals surface area contributed by atoms with Crippen molar-refractivity contribution in [1.29, 1.82) is 0 Å². The molecule has 1 aromatic carbocycles. The molecule has 0 bridgehead atoms. The van der Waals surface area contributed by atoms with Crippen LogP contribution in [0.5, 0.6) is 0 Å². The first kappa shape index (κ1) is 14.6. The fourth-order valence-electron chi connectivity index (χ4n) is 1.93. The summed E-state index contributed by atoms with van der Waals surface area (Å²) in [5.41, 5.74) is -2.96. The number of hydrogen-bond acceptors (Lipinski definition) is 1. The second-order valence-electron chi connectivity index (χ2n) is 3.69. The van der Waals surface area contributed by atoms with Crippen molar-refractivity contribution in [3.05, 3.63) is 33.6 Å². The molecule has 0 aliphatic heterocycles. The summed E-state index contributed by atoms with van der Waals surface area (Å²) in [6, 6.07) is 0. The molecule has 0 aliphatic carbocycles. The van der Waals surface area contributed by atoms with E-state index in [1.54, 1.807) is 0 Å². The van der Waals surface area contributed by atoms with E-state index in [1.807, 2.05) is 0 Å². The van der Waals surface area contributed by atoms with Gasteiger partial charge in [-0.15, -0.1) is 0 Å². The Morgan fingerprint density at radius 2 is 1.17 bits per heavy atom. The van der Waals surface area contributed by atoms with Crippen LogP contribution < -0.4 is 0 Å². The maximum Gasteiger partial charge on any atom is 0.160 e. The molecule has 0 saturated heterocycles. The Balaban J connectivity index is 3.80. The number of alkyl halides is 4. The van der Waals surface area contributed by atoms with Gasteiger partial charge in [-0.3, -0.25) is 4.79 Å². The van der Waals surface area contributed by atoms with Crippen molar-refractivity contribution in [2.24, 2.45) is 0 Å². The van der Waals surface area contributed by atoms with Crippen LogP contribution >= 0.6 is 0 Å². The van der Waals surface area contributed by atoms with E-state index in [0.717, 1.165) is 6.92 Å². The second kappa shape index (κ2) is 5.93. The summed E-state index contributed by atoms with van der Waals surface area (Å²) >= 11 is 0. The zero-order valence-corrected chi connectivity index (χ0v) is 9.63. The molecule has 0 heterocycles. The van der Waals surface area contributed by atoms with Gasteiger partial charge in [0.05, 0.1) is 0 Å². The molecule has 0 fully saturated rings. The van der Waals surface area contributed by atoms with Crippen LogP contribution in [0.4, 0.5) is 22.0 Å². The second-order valence-corrected chi connectivity index (χ2v) is 3.69. The molecule has 6 heteroatoms. The molecule has 1 rings (SSSR count). The van der Waals surface area contributed by atoms with Crippen molar-refractivity contribution < 1.29 is 26.7 Å². The Hall–Kier alpha value is -1.46. The average molecular weight is 266 g/mol. The monoisotopic (exact) mass is 266 g/mol. The third kappa shape index (κ3) is 2.23. The standard InChI is InChI=1S/C12H11F5O/c1-6(18)11-7(2-13)9(4-15)12(17)10(5-16)8(11)3-14/h2-5H2,1H3. The normalized spacial score (nSPS) is 10.8. The molecule has 1 aromatic rings. The minimum absolute atomic E-state index is 0.457. The van der Waals surface area contributed by atoms with Gasteiger partial charge < -0.3 is 0 Å². The molecule has 0 N–H and O–H groups in total. The van der Waals surface area contributed by atoms with Crippen LogP contribution in [0, 0.1) is 5.82 Å². The Bertz CT molecular complexity index is 437. The van der Waals surface area contributed by atoms with Gasteiger partial charge in [-0.05, 0) is 6.92 Å². The predicted octanol–water partition coefficient (Wildman–Crippen LogP) is 3.91. The summed E-state index contributed by atoms with van der Waals surface area (Å²) in [7, 11) is 0. The summed E-state index contributed by atoms with van der Waals surface area (Å²) in [6.07, 6.45) is 0. The van der Waals surface area contributed by atoms with Gasteiger partial charge in [0.15, 0.2) is 5.78 Å². The quantitative estimate of drug-likeness (QED) is 0.583. The van der Waals surface area contributed by atoms with Gasteiger partial charge in [0.1, 0.15) is 32.5 Å². The first-order chi connectivity index (χ1) is 8.53. The van der Waals surface area contributed by atoms with E-state index < -0.39 is 66.1 Å². The highest BCUT2D eigenvalue weighted by atomic mass is 19.1. The minimum atomic E-state index is -1.38. The lowest BCUT2D eigenvalue weighted by Crippen LogP contribution is -2.13. The first-order valence-corrected chi connectivity index (χ1v) is 5.13. The van der Waals surface area contributed by atoms with E-state index in [2.05, 4.69) is 0 Å². The lowest BCUT2D eigenvalue weighted by molar-refractivity contribution is 0.101. The number of benzene rings is 1. The van der Waals surface area contributed by atoms with Gasteiger partial charge in [0.25, 0.3) is 0 Å². The first-order valence-electron chi connectivity index (χ1n) is 5.13. The van der Waals surface area contributed by atoms with Crippen LogP contribution in [-0.4, -0.2) is 5.78 Å². The Labute approximate surface area is 101 Å². The van der Waals surface area contributed by atoms with Crippen LogP contribution in [0.15, 0.2) is 0 Å². The molecule has 0 spiro atoms. The Morgan fingerprint density at radius 1 is 0.833 bits per heavy atom. The molecule has 0 aromatic heterocycles. The molecule has 0 radical (unpaired) electrons. The zero-order valence-electron chi connectivity index (χ0n) is 9.63. The van der Waals surface area contributed by atoms with E-state index in [1.165, 1.54) is 0 Å². The number of hydrogen-bond donors (Lipinski definition) is 0. The summed E-state index contributed by atoms with van der Waals surface area (Å²) in [6.45, 7) is -4.39. The molecule has 0 amide bonds. The van der Waals surface area contributed by atoms with Gasteiger partial charge in [-0.25, -0.2) is 22.0 Å². The fraction of sp³-hybridized carbons (Fsp3) is 0.417. The highest BCUT2D eigenvalue weighted by molar-refractivity contribution is 5.97. The van der Waals surface area contributed by atoms with Crippen molar-refractivity contribution >= 4 is 5.78 Å². The van der Waals surface area contributed by atoms with Gasteiger partial charge in [-0.1, -0.05) is 0 Å². The number of Topliss-reactive ketones (excluding diaryl/α,β-unsaturated/α-hetero) is 1. The lowest BCUT2D eigenvalue weighted by atomic mass is 9.90. The molecule has 0 aliphatic rings. The molecular weight excluding hydrogens is 255 g/mol. The summed E-state index contributed by atoms with van der Waals surface area (Å²) in [5, 5.41) is 0. The minimum Gasteiger partial charge on any atom is -0.294 e. The maximum atomic E-state index is 13.7. The molecule has 0 saturated carbocycles. The lowest BCUT2D eigenvalue weighted by Gasteiger charge is -2.17. The van der Waals surface area contributed by atoms with Crippen LogP contribution in [0.1, 0.15) is 39.5 Å². The van der Waals surface area contributed by atoms with E-state index in [4.69, 9.17) is 0 Å². The number of rotatable bonds is 5. The molecule has 0 atom stereocenters. The number of ketones is 1. The highest BCUT2D eigenvalue weighted by Gasteiger charge is 2.25. The third-order valence-electron chi connectivity index (χ3n) is 2.75. The van der Waals surface area contributed by atoms with Gasteiger partial charge in [0.2, 0.25) is 0 Å². The molecular formula is C12H11F5O. The highest BCUT2D eigenvalue weighted by Crippen LogP contribution is 2.30. The summed E-state index contributed by atoms with van der Waals surface area (Å²) in [5.74, 6) is -2.06. The van der Waals surface area contributed by atoms with E-state index in [-0.39, 0.29) is 0 Å². The Morgan fingerprint density at radius 3 is 1.39 bits per heavy atom. The van der Waals surface area contributed by atoms with Crippen LogP contribution in [0.2, 0.25) is 0 Å². The molecule has 0 unspecified atom stereocenters. The van der Waals surface area contributed by atoms with Gasteiger partial charge in [-0.2, -0.15) is 0 Å². The van der Waals surface area contributed by atoms with E-state index >= 15 is 0 Å². The van der Waals surface area contributed by atoms with Crippen LogP contribution in [0.3, 0.4) is 0 Å². The maximum absolute atomic E-state index is 13.7. The van der Waals surface area contributed by atoms with Crippen molar-refractivity contribution in [2.75, 3.05) is 0 Å². The van der Waals surface area contributed by atoms with E-state index in [0.29, 0.717) is 0 Å². The van der Waals surface area contributed by atoms with Crippen LogP contribution in [0.25, 0.3) is 0 Å². The van der Waals surface area contributed by atoms with Crippen molar-refractivity contribution in [1.82, 2.24) is 0 Å². The summed E-state index contributed by atoms with van der Waals surface area (Å²) in [4.78, 5) is 11.4. The number of carbonyl (C=O) groups is 1. The van der Waals surface area contributed by atoms with Crippen molar-refractivity contribution in [3.63, 3.8) is 0 Å². The smallest absolute Gasteiger partial charge is 0.160 e. The van der Waals surface area contributed by atoms with Gasteiger partial charge >= 0.3 is 0 Å². The SMILES string of the molecule is CC(=O)c1c(CF)c(CF)c(F)c(CF)c1CF. The third-order valence-corrected chi connectivity index (χ3v) is 2.75. The van der Waals surface area contributed by atoms with Crippen LogP contribution in [-0.2, 0) is 26.7 Å². The molecule has 100 valence electrons. The largest absolute Gasteiger partial charge is 0.294 e. The number of halogens is 5. The zero-order chi connectivity index (χ0) is 13.9. The predicted molar refractivity (Wildman–Crippen MR) is 55.7 cm³/mol. The van der Waals surface area contributed by atoms with Gasteiger partial charge in [0, 0.05) is 27.8 Å². The average Bonchev–Trinajstić information content (AvgIpc) is 2.36. The number of carbonyl (C=O) groups excluding carboxylic acids is 1. The molecule has 1 nitrogen and oxygen atoms in total. The van der Waals surface area contributed by atoms with Crippen molar-refractivity contribution in [2.45, 2.75) is 33.6 Å². The fourth-order valence-corrected chi connectivity index (χ4v) is 1.93. The molecule has 18 heavy (non-hydrogen) atoms. The Kier molecular flexibility index (Phi) is 4.81.